The molecule has 42 heavy (non-hydrogen) atoms. The van der Waals surface area contributed by atoms with Gasteiger partial charge >= 0.3 is 0 Å². The van der Waals surface area contributed by atoms with Crippen molar-refractivity contribution >= 4 is 0 Å². The molecule has 1 aliphatic carbocycles. The molecule has 19 atom stereocenters. The fourth-order valence-electron chi connectivity index (χ4n) is 5.70. The van der Waals surface area contributed by atoms with Crippen molar-refractivity contribution in [3.8, 4) is 0 Å². The molecule has 4 aliphatic rings. The molecule has 4 fully saturated rings. The zero-order valence-corrected chi connectivity index (χ0v) is 22.7. The van der Waals surface area contributed by atoms with E-state index in [1.54, 1.807) is 0 Å². The number of ether oxygens (including phenoxy) is 6. The van der Waals surface area contributed by atoms with Gasteiger partial charge in [0.1, 0.15) is 67.1 Å². The van der Waals surface area contributed by atoms with Gasteiger partial charge in [0.15, 0.2) is 18.9 Å². The first-order chi connectivity index (χ1) is 19.8. The summed E-state index contributed by atoms with van der Waals surface area (Å²) in [4.78, 5) is 0. The highest BCUT2D eigenvalue weighted by Crippen LogP contribution is 2.34. The van der Waals surface area contributed by atoms with Crippen molar-refractivity contribution in [3.05, 3.63) is 0 Å². The smallest absolute Gasteiger partial charge is 0.187 e. The summed E-state index contributed by atoms with van der Waals surface area (Å²) in [6.45, 7) is -1.49. The Balaban J connectivity index is 1.50. The quantitative estimate of drug-likeness (QED) is 0.114. The predicted octanol–water partition coefficient (Wildman–Crippen LogP) is -8.86. The Morgan fingerprint density at radius 2 is 1.00 bits per heavy atom. The Kier molecular flexibility index (Phi) is 11.5. The average Bonchev–Trinajstić information content (AvgIpc) is 3.27. The van der Waals surface area contributed by atoms with E-state index in [4.69, 9.17) is 57.1 Å². The van der Waals surface area contributed by atoms with Crippen LogP contribution in [0.15, 0.2) is 0 Å². The molecule has 19 nitrogen and oxygen atoms in total. The average molecular weight is 616 g/mol. The number of hydrogen-bond donors (Lipinski definition) is 13. The van der Waals surface area contributed by atoms with Crippen molar-refractivity contribution in [2.24, 2.45) is 28.7 Å². The highest BCUT2D eigenvalue weighted by molar-refractivity contribution is 5.02. The maximum atomic E-state index is 11.1. The van der Waals surface area contributed by atoms with Gasteiger partial charge in [-0.1, -0.05) is 0 Å². The first kappa shape index (κ1) is 34.1. The van der Waals surface area contributed by atoms with Gasteiger partial charge in [-0.2, -0.15) is 0 Å². The highest BCUT2D eigenvalue weighted by atomic mass is 16.8. The molecule has 3 saturated heterocycles. The van der Waals surface area contributed by atoms with Crippen LogP contribution in [0.2, 0.25) is 0 Å². The largest absolute Gasteiger partial charge is 0.394 e. The Morgan fingerprint density at radius 3 is 1.55 bits per heavy atom. The minimum Gasteiger partial charge on any atom is -0.394 e. The van der Waals surface area contributed by atoms with Crippen LogP contribution in [0.3, 0.4) is 0 Å². The maximum absolute atomic E-state index is 11.1. The van der Waals surface area contributed by atoms with Crippen molar-refractivity contribution < 1.29 is 69.3 Å². The van der Waals surface area contributed by atoms with Gasteiger partial charge in [-0.25, -0.2) is 0 Å². The van der Waals surface area contributed by atoms with Gasteiger partial charge in [0, 0.05) is 18.6 Å². The molecule has 0 spiro atoms. The van der Waals surface area contributed by atoms with Crippen LogP contribution in [0.4, 0.5) is 0 Å². The summed E-state index contributed by atoms with van der Waals surface area (Å²) in [5, 5.41) is 82.3. The van der Waals surface area contributed by atoms with Crippen LogP contribution in [0.25, 0.3) is 0 Å². The topological polar surface area (TPSA) is 347 Å². The fraction of sp³-hybridized carbons (Fsp3) is 1.00. The Hall–Kier alpha value is -0.760. The molecule has 18 N–H and O–H groups in total. The molecule has 0 aromatic carbocycles. The van der Waals surface area contributed by atoms with Crippen molar-refractivity contribution in [3.63, 3.8) is 0 Å². The molecule has 19 heteroatoms. The molecule has 4 rings (SSSR count). The summed E-state index contributed by atoms with van der Waals surface area (Å²) in [6, 6.07) is -4.30. The third kappa shape index (κ3) is 6.60. The van der Waals surface area contributed by atoms with Gasteiger partial charge in [-0.05, 0) is 6.42 Å². The third-order valence-electron chi connectivity index (χ3n) is 8.32. The minimum absolute atomic E-state index is 0.0642. The molecule has 246 valence electrons. The number of rotatable bonds is 9. The second-order valence-electron chi connectivity index (χ2n) is 11.2. The second-order valence-corrected chi connectivity index (χ2v) is 11.2. The summed E-state index contributed by atoms with van der Waals surface area (Å²) in [6.07, 6.45) is -20.5. The molecule has 1 saturated carbocycles. The van der Waals surface area contributed by atoms with Crippen molar-refractivity contribution in [2.45, 2.75) is 123 Å². The second kappa shape index (κ2) is 14.1. The standard InChI is InChI=1S/C23H45N5O14/c24-2-7-13(32)15(34)10(27)21(37-7)41-19-9(4-30)39-23(17(19)36)42-20-12(31)5(25)1-6(26)18(20)40-22-11(28)16(35)14(33)8(3-29)38-22/h5-23,29-36H,1-4,24-28H2/t5-,6+,7-,8+,9+,10+,11+,12+,13+,14+,15-,16-,17+,18+,19+,20-,21+,22+,23+/m0/s1. The molecule has 0 bridgehead atoms. The van der Waals surface area contributed by atoms with Crippen LogP contribution in [-0.2, 0) is 28.4 Å². The van der Waals surface area contributed by atoms with Crippen LogP contribution in [0, 0.1) is 0 Å². The van der Waals surface area contributed by atoms with Gasteiger partial charge < -0.3 is 97.9 Å². The van der Waals surface area contributed by atoms with Gasteiger partial charge in [-0.3, -0.25) is 0 Å². The molecule has 3 aliphatic heterocycles. The van der Waals surface area contributed by atoms with E-state index in [2.05, 4.69) is 0 Å². The zero-order chi connectivity index (χ0) is 31.0. The Labute approximate surface area is 240 Å². The van der Waals surface area contributed by atoms with E-state index in [0.717, 1.165) is 0 Å². The molecule has 0 aromatic heterocycles. The lowest BCUT2D eigenvalue weighted by Gasteiger charge is -2.47. The third-order valence-corrected chi connectivity index (χ3v) is 8.32. The lowest BCUT2D eigenvalue weighted by Crippen LogP contribution is -2.68. The van der Waals surface area contributed by atoms with Gasteiger partial charge in [0.05, 0.1) is 31.4 Å². The maximum Gasteiger partial charge on any atom is 0.187 e. The molecule has 3 heterocycles. The normalized spacial score (nSPS) is 53.8. The van der Waals surface area contributed by atoms with E-state index in [1.807, 2.05) is 0 Å². The summed E-state index contributed by atoms with van der Waals surface area (Å²) in [5.41, 5.74) is 29.9. The van der Waals surface area contributed by atoms with Crippen LogP contribution in [0.1, 0.15) is 6.42 Å². The SMILES string of the molecule is NC[C@@H]1O[C@H](O[C@H]2[C@@H](O)[C@@H](O[C@H]3[C@H](O)[C@@H](N)C[C@@H](N)[C@H]3O[C@H]3O[C@H](CO)[C@@H](O)[C@@H](O)[C@H]3N)O[C@@H]2CO)[C@H](N)[C@H](O)[C@@H]1O. The van der Waals surface area contributed by atoms with Gasteiger partial charge in [0.2, 0.25) is 0 Å². The lowest BCUT2D eigenvalue weighted by atomic mass is 9.84. The van der Waals surface area contributed by atoms with Crippen LogP contribution >= 0.6 is 0 Å². The molecule has 0 aromatic rings. The molecular formula is C23H45N5O14. The fourth-order valence-corrected chi connectivity index (χ4v) is 5.70. The van der Waals surface area contributed by atoms with E-state index < -0.39 is 129 Å². The van der Waals surface area contributed by atoms with E-state index in [0.29, 0.717) is 0 Å². The van der Waals surface area contributed by atoms with Crippen molar-refractivity contribution in [1.29, 1.82) is 0 Å². The number of hydrogen-bond acceptors (Lipinski definition) is 19. The first-order valence-electron chi connectivity index (χ1n) is 13.8. The number of aliphatic hydroxyl groups is 8. The monoisotopic (exact) mass is 615 g/mol. The molecular weight excluding hydrogens is 570 g/mol. The molecule has 0 radical (unpaired) electrons. The predicted molar refractivity (Wildman–Crippen MR) is 136 cm³/mol. The zero-order valence-electron chi connectivity index (χ0n) is 22.7. The van der Waals surface area contributed by atoms with E-state index in [9.17, 15) is 40.9 Å². The van der Waals surface area contributed by atoms with E-state index >= 15 is 0 Å². The Morgan fingerprint density at radius 1 is 0.524 bits per heavy atom. The number of aliphatic hydroxyl groups excluding tert-OH is 8. The molecule has 0 unspecified atom stereocenters. The molecule has 0 amide bonds. The Bertz CT molecular complexity index is 866. The first-order valence-corrected chi connectivity index (χ1v) is 13.8. The summed E-state index contributed by atoms with van der Waals surface area (Å²) in [5.74, 6) is 0. The van der Waals surface area contributed by atoms with Crippen molar-refractivity contribution in [2.75, 3.05) is 19.8 Å². The minimum atomic E-state index is -1.62. The highest BCUT2D eigenvalue weighted by Gasteiger charge is 2.54. The van der Waals surface area contributed by atoms with Crippen LogP contribution in [0.5, 0.6) is 0 Å². The van der Waals surface area contributed by atoms with Gasteiger partial charge in [0.25, 0.3) is 0 Å². The van der Waals surface area contributed by atoms with Crippen molar-refractivity contribution in [1.82, 2.24) is 0 Å². The van der Waals surface area contributed by atoms with Crippen LogP contribution < -0.4 is 28.7 Å². The number of nitrogens with two attached hydrogens (primary N) is 5. The van der Waals surface area contributed by atoms with Crippen LogP contribution in [-0.4, -0.2) is 177 Å². The summed E-state index contributed by atoms with van der Waals surface area (Å²) >= 11 is 0. The van der Waals surface area contributed by atoms with E-state index in [1.165, 1.54) is 0 Å². The van der Waals surface area contributed by atoms with Gasteiger partial charge in [-0.15, -0.1) is 0 Å². The summed E-state index contributed by atoms with van der Waals surface area (Å²) in [7, 11) is 0. The summed E-state index contributed by atoms with van der Waals surface area (Å²) < 4.78 is 34.4. The van der Waals surface area contributed by atoms with E-state index in [-0.39, 0.29) is 13.0 Å². The lowest BCUT2D eigenvalue weighted by molar-refractivity contribution is -0.310.